The summed E-state index contributed by atoms with van der Waals surface area (Å²) in [5, 5.41) is 17.6. The monoisotopic (exact) mass is 266 g/mol. The molecule has 0 aliphatic rings. The van der Waals surface area contributed by atoms with Crippen molar-refractivity contribution in [3.63, 3.8) is 0 Å². The minimum atomic E-state index is -1.14. The quantitative estimate of drug-likeness (QED) is 0.704. The summed E-state index contributed by atoms with van der Waals surface area (Å²) in [6, 6.07) is -1.60. The van der Waals surface area contributed by atoms with Crippen LogP contribution < -0.4 is 10.6 Å². The number of hydrogen-bond acceptors (Lipinski definition) is 3. The Bertz CT molecular complexity index is 476. The maximum absolute atomic E-state index is 11.5. The Hall–Kier alpha value is -2.00. The normalized spacial score (nSPS) is 11.3. The van der Waals surface area contributed by atoms with Gasteiger partial charge in [0.2, 0.25) is 0 Å². The molecule has 0 bridgehead atoms. The predicted molar refractivity (Wildman–Crippen MR) is 69.3 cm³/mol. The van der Waals surface area contributed by atoms with E-state index < -0.39 is 18.0 Å². The lowest BCUT2D eigenvalue weighted by Crippen LogP contribution is -2.45. The van der Waals surface area contributed by atoms with Crippen LogP contribution in [-0.2, 0) is 11.3 Å². The molecule has 6 heteroatoms. The SMILES string of the molecule is C#CCC(NC(=O)NCc1cscc1C)C(=O)O. The van der Waals surface area contributed by atoms with Gasteiger partial charge in [0, 0.05) is 13.0 Å². The second kappa shape index (κ2) is 6.67. The molecule has 1 aromatic heterocycles. The van der Waals surface area contributed by atoms with Gasteiger partial charge < -0.3 is 15.7 Å². The zero-order valence-corrected chi connectivity index (χ0v) is 10.7. The minimum absolute atomic E-state index is 0.0414. The number of nitrogens with one attached hydrogen (secondary N) is 2. The smallest absolute Gasteiger partial charge is 0.327 e. The van der Waals surface area contributed by atoms with Gasteiger partial charge >= 0.3 is 12.0 Å². The second-order valence-electron chi connectivity index (χ2n) is 3.71. The number of carboxylic acid groups (broad SMARTS) is 1. The molecule has 1 rings (SSSR count). The maximum Gasteiger partial charge on any atom is 0.327 e. The molecule has 0 fully saturated rings. The Labute approximate surface area is 109 Å². The fourth-order valence-electron chi connectivity index (χ4n) is 1.27. The molecule has 5 nitrogen and oxygen atoms in total. The van der Waals surface area contributed by atoms with Crippen LogP contribution in [0.2, 0.25) is 0 Å². The summed E-state index contributed by atoms with van der Waals surface area (Å²) >= 11 is 1.55. The van der Waals surface area contributed by atoms with Crippen molar-refractivity contribution < 1.29 is 14.7 Å². The van der Waals surface area contributed by atoms with E-state index in [1.54, 1.807) is 11.3 Å². The van der Waals surface area contributed by atoms with Crippen LogP contribution in [0.5, 0.6) is 0 Å². The lowest BCUT2D eigenvalue weighted by atomic mass is 10.2. The van der Waals surface area contributed by atoms with Gasteiger partial charge in [-0.1, -0.05) is 0 Å². The molecule has 0 aliphatic carbocycles. The third-order valence-corrected chi connectivity index (χ3v) is 3.24. The molecule has 0 radical (unpaired) electrons. The van der Waals surface area contributed by atoms with Crippen molar-refractivity contribution in [2.75, 3.05) is 0 Å². The van der Waals surface area contributed by atoms with Gasteiger partial charge in [-0.3, -0.25) is 0 Å². The summed E-state index contributed by atoms with van der Waals surface area (Å²) < 4.78 is 0. The van der Waals surface area contributed by atoms with Crippen molar-refractivity contribution in [2.45, 2.75) is 25.9 Å². The van der Waals surface area contributed by atoms with Gasteiger partial charge in [-0.05, 0) is 28.8 Å². The zero-order chi connectivity index (χ0) is 13.5. The number of terminal acetylenes is 1. The number of carbonyl (C=O) groups is 2. The number of aryl methyl sites for hydroxylation is 1. The lowest BCUT2D eigenvalue weighted by molar-refractivity contribution is -0.139. The number of carbonyl (C=O) groups excluding carboxylic acids is 1. The second-order valence-corrected chi connectivity index (χ2v) is 4.45. The van der Waals surface area contributed by atoms with E-state index in [-0.39, 0.29) is 6.42 Å². The van der Waals surface area contributed by atoms with Crippen LogP contribution in [0.3, 0.4) is 0 Å². The summed E-state index contributed by atoms with van der Waals surface area (Å²) in [6.07, 6.45) is 4.99. The van der Waals surface area contributed by atoms with E-state index in [0.717, 1.165) is 11.1 Å². The third-order valence-electron chi connectivity index (χ3n) is 2.33. The molecular weight excluding hydrogens is 252 g/mol. The van der Waals surface area contributed by atoms with Crippen molar-refractivity contribution >= 4 is 23.3 Å². The van der Waals surface area contributed by atoms with Crippen molar-refractivity contribution in [3.8, 4) is 12.3 Å². The van der Waals surface area contributed by atoms with Crippen molar-refractivity contribution in [1.82, 2.24) is 10.6 Å². The van der Waals surface area contributed by atoms with Crippen LogP contribution in [0.25, 0.3) is 0 Å². The topological polar surface area (TPSA) is 78.4 Å². The Kier molecular flexibility index (Phi) is 5.21. The Morgan fingerprint density at radius 1 is 1.56 bits per heavy atom. The molecule has 1 unspecified atom stereocenters. The first kappa shape index (κ1) is 14.1. The van der Waals surface area contributed by atoms with Gasteiger partial charge in [0.15, 0.2) is 0 Å². The number of hydrogen-bond donors (Lipinski definition) is 3. The standard InChI is InChI=1S/C12H14N2O3S/c1-3-4-10(11(15)16)14-12(17)13-5-9-7-18-6-8(9)2/h1,6-7,10H,4-5H2,2H3,(H,15,16)(H2,13,14,17). The fourth-order valence-corrected chi connectivity index (χ4v) is 2.13. The molecule has 3 N–H and O–H groups in total. The molecule has 0 saturated heterocycles. The van der Waals surface area contributed by atoms with Crippen LogP contribution in [0.4, 0.5) is 4.79 Å². The molecule has 0 aromatic carbocycles. The molecule has 2 amide bonds. The van der Waals surface area contributed by atoms with Crippen LogP contribution in [0.1, 0.15) is 17.5 Å². The van der Waals surface area contributed by atoms with Crippen LogP contribution in [0.15, 0.2) is 10.8 Å². The highest BCUT2D eigenvalue weighted by atomic mass is 32.1. The van der Waals surface area contributed by atoms with E-state index >= 15 is 0 Å². The van der Waals surface area contributed by atoms with E-state index in [1.807, 2.05) is 17.7 Å². The molecular formula is C12H14N2O3S. The molecule has 96 valence electrons. The highest BCUT2D eigenvalue weighted by molar-refractivity contribution is 7.08. The summed E-state index contributed by atoms with van der Waals surface area (Å²) in [6.45, 7) is 2.31. The van der Waals surface area contributed by atoms with Gasteiger partial charge in [-0.15, -0.1) is 12.3 Å². The van der Waals surface area contributed by atoms with Gasteiger partial charge in [-0.2, -0.15) is 11.3 Å². The summed E-state index contributed by atoms with van der Waals surface area (Å²) in [5.74, 6) is 1.07. The van der Waals surface area contributed by atoms with Crippen molar-refractivity contribution in [2.24, 2.45) is 0 Å². The van der Waals surface area contributed by atoms with Crippen molar-refractivity contribution in [3.05, 3.63) is 21.9 Å². The first-order valence-electron chi connectivity index (χ1n) is 5.27. The van der Waals surface area contributed by atoms with Crippen LogP contribution in [0, 0.1) is 19.3 Å². The number of urea groups is 1. The maximum atomic E-state index is 11.5. The lowest BCUT2D eigenvalue weighted by Gasteiger charge is -2.12. The number of rotatable bonds is 5. The van der Waals surface area contributed by atoms with E-state index in [4.69, 9.17) is 11.5 Å². The van der Waals surface area contributed by atoms with Crippen molar-refractivity contribution in [1.29, 1.82) is 0 Å². The zero-order valence-electron chi connectivity index (χ0n) is 9.90. The van der Waals surface area contributed by atoms with E-state index in [0.29, 0.717) is 6.54 Å². The predicted octanol–water partition coefficient (Wildman–Crippen LogP) is 1.33. The Morgan fingerprint density at radius 2 is 2.28 bits per heavy atom. The largest absolute Gasteiger partial charge is 0.480 e. The summed E-state index contributed by atoms with van der Waals surface area (Å²) in [4.78, 5) is 22.3. The number of thiophene rings is 1. The van der Waals surface area contributed by atoms with Gasteiger partial charge in [0.05, 0.1) is 0 Å². The highest BCUT2D eigenvalue weighted by Gasteiger charge is 2.18. The van der Waals surface area contributed by atoms with Crippen LogP contribution in [-0.4, -0.2) is 23.1 Å². The Balaban J connectivity index is 2.44. The highest BCUT2D eigenvalue weighted by Crippen LogP contribution is 2.12. The summed E-state index contributed by atoms with van der Waals surface area (Å²) in [7, 11) is 0. The van der Waals surface area contributed by atoms with E-state index in [2.05, 4.69) is 16.6 Å². The first-order chi connectivity index (χ1) is 8.54. The van der Waals surface area contributed by atoms with E-state index in [9.17, 15) is 9.59 Å². The Morgan fingerprint density at radius 3 is 2.78 bits per heavy atom. The molecule has 18 heavy (non-hydrogen) atoms. The minimum Gasteiger partial charge on any atom is -0.480 e. The third kappa shape index (κ3) is 4.11. The van der Waals surface area contributed by atoms with Gasteiger partial charge in [-0.25, -0.2) is 9.59 Å². The molecule has 1 aromatic rings. The molecule has 0 aliphatic heterocycles. The number of carboxylic acids is 1. The van der Waals surface area contributed by atoms with Gasteiger partial charge in [0.25, 0.3) is 0 Å². The van der Waals surface area contributed by atoms with Crippen LogP contribution >= 0.6 is 11.3 Å². The fraction of sp³-hybridized carbons (Fsp3) is 0.333. The molecule has 1 heterocycles. The average molecular weight is 266 g/mol. The molecule has 0 spiro atoms. The molecule has 1 atom stereocenters. The number of amides is 2. The number of aliphatic carboxylic acids is 1. The summed E-state index contributed by atoms with van der Waals surface area (Å²) in [5.41, 5.74) is 2.11. The first-order valence-corrected chi connectivity index (χ1v) is 6.21. The molecule has 0 saturated carbocycles. The van der Waals surface area contributed by atoms with Gasteiger partial charge in [0.1, 0.15) is 6.04 Å². The average Bonchev–Trinajstić information content (AvgIpc) is 2.71. The van der Waals surface area contributed by atoms with E-state index in [1.165, 1.54) is 0 Å².